The van der Waals surface area contributed by atoms with Gasteiger partial charge in [-0.1, -0.05) is 48.5 Å². The van der Waals surface area contributed by atoms with Crippen LogP contribution >= 0.6 is 0 Å². The average molecular weight is 434 g/mol. The molecule has 3 aromatic rings. The molecule has 1 aliphatic heterocycles. The number of ether oxygens (including phenoxy) is 2. The van der Waals surface area contributed by atoms with Gasteiger partial charge in [-0.15, -0.1) is 0 Å². The summed E-state index contributed by atoms with van der Waals surface area (Å²) < 4.78 is 11.4. The SMILES string of the molecule is COc1ccccc1C(c1ccc(N2CCCC2CC(O)O)cc1)c1ccccc1OC. The number of aliphatic hydroxyl groups excluding tert-OH is 1. The molecule has 1 fully saturated rings. The molecular formula is C27H31NO4. The summed E-state index contributed by atoms with van der Waals surface area (Å²) in [6.07, 6.45) is 1.13. The Kier molecular flexibility index (Phi) is 6.98. The average Bonchev–Trinajstić information content (AvgIpc) is 3.28. The van der Waals surface area contributed by atoms with Crippen LogP contribution in [-0.2, 0) is 0 Å². The number of benzene rings is 3. The van der Waals surface area contributed by atoms with Crippen molar-refractivity contribution >= 4 is 5.69 Å². The summed E-state index contributed by atoms with van der Waals surface area (Å²) in [5.41, 5.74) is 4.40. The molecule has 0 spiro atoms. The van der Waals surface area contributed by atoms with E-state index in [2.05, 4.69) is 41.3 Å². The summed E-state index contributed by atoms with van der Waals surface area (Å²) in [5.74, 6) is 1.62. The number of aliphatic hydroxyl groups is 2. The highest BCUT2D eigenvalue weighted by Gasteiger charge is 2.27. The molecule has 1 aliphatic rings. The molecule has 5 nitrogen and oxygen atoms in total. The topological polar surface area (TPSA) is 62.2 Å². The number of hydrogen-bond donors (Lipinski definition) is 2. The Labute approximate surface area is 189 Å². The van der Waals surface area contributed by atoms with Gasteiger partial charge in [0.25, 0.3) is 0 Å². The molecule has 32 heavy (non-hydrogen) atoms. The first-order chi connectivity index (χ1) is 15.6. The summed E-state index contributed by atoms with van der Waals surface area (Å²) in [6, 6.07) is 24.9. The first-order valence-corrected chi connectivity index (χ1v) is 11.1. The van der Waals surface area contributed by atoms with Crippen molar-refractivity contribution < 1.29 is 19.7 Å². The molecule has 2 N–H and O–H groups in total. The first-order valence-electron chi connectivity index (χ1n) is 11.1. The van der Waals surface area contributed by atoms with Gasteiger partial charge in [0.15, 0.2) is 6.29 Å². The molecule has 3 aromatic carbocycles. The van der Waals surface area contributed by atoms with Crippen molar-refractivity contribution in [2.45, 2.75) is 37.5 Å². The van der Waals surface area contributed by atoms with Gasteiger partial charge in [-0.3, -0.25) is 0 Å². The molecule has 0 radical (unpaired) electrons. The lowest BCUT2D eigenvalue weighted by molar-refractivity contribution is -0.0489. The number of para-hydroxylation sites is 2. The summed E-state index contributed by atoms with van der Waals surface area (Å²) in [6.45, 7) is 0.930. The van der Waals surface area contributed by atoms with Gasteiger partial charge in [0.05, 0.1) is 14.2 Å². The zero-order valence-corrected chi connectivity index (χ0v) is 18.6. The Balaban J connectivity index is 1.74. The molecule has 1 atom stereocenters. The fourth-order valence-corrected chi connectivity index (χ4v) is 4.86. The van der Waals surface area contributed by atoms with Gasteiger partial charge in [0.1, 0.15) is 11.5 Å². The molecule has 1 unspecified atom stereocenters. The van der Waals surface area contributed by atoms with Gasteiger partial charge in [0, 0.05) is 41.7 Å². The van der Waals surface area contributed by atoms with Crippen molar-refractivity contribution in [3.8, 4) is 11.5 Å². The molecule has 168 valence electrons. The number of methoxy groups -OCH3 is 2. The first kappa shape index (κ1) is 22.2. The normalized spacial score (nSPS) is 16.1. The fourth-order valence-electron chi connectivity index (χ4n) is 4.86. The van der Waals surface area contributed by atoms with E-state index in [-0.39, 0.29) is 12.0 Å². The van der Waals surface area contributed by atoms with E-state index in [4.69, 9.17) is 9.47 Å². The highest BCUT2D eigenvalue weighted by atomic mass is 16.5. The van der Waals surface area contributed by atoms with Crippen LogP contribution in [0.4, 0.5) is 5.69 Å². The second-order valence-electron chi connectivity index (χ2n) is 8.21. The Hall–Kier alpha value is -3.02. The fraction of sp³-hybridized carbons (Fsp3) is 0.333. The van der Waals surface area contributed by atoms with Crippen LogP contribution in [0.15, 0.2) is 72.8 Å². The molecule has 5 heteroatoms. The van der Waals surface area contributed by atoms with E-state index in [0.29, 0.717) is 6.42 Å². The number of rotatable bonds is 8. The van der Waals surface area contributed by atoms with Crippen LogP contribution < -0.4 is 14.4 Å². The maximum absolute atomic E-state index is 9.45. The molecule has 4 rings (SSSR count). The van der Waals surface area contributed by atoms with E-state index < -0.39 is 6.29 Å². The molecule has 0 aromatic heterocycles. The van der Waals surface area contributed by atoms with Crippen molar-refractivity contribution in [3.63, 3.8) is 0 Å². The highest BCUT2D eigenvalue weighted by Crippen LogP contribution is 2.41. The van der Waals surface area contributed by atoms with Crippen LogP contribution in [0.5, 0.6) is 11.5 Å². The van der Waals surface area contributed by atoms with Gasteiger partial charge in [0.2, 0.25) is 0 Å². The largest absolute Gasteiger partial charge is 0.496 e. The second kappa shape index (κ2) is 10.1. The quantitative estimate of drug-likeness (QED) is 0.403. The van der Waals surface area contributed by atoms with Crippen LogP contribution in [-0.4, -0.2) is 43.3 Å². The highest BCUT2D eigenvalue weighted by molar-refractivity contribution is 5.56. The molecule has 1 saturated heterocycles. The number of anilines is 1. The van der Waals surface area contributed by atoms with E-state index in [0.717, 1.165) is 53.3 Å². The maximum Gasteiger partial charge on any atom is 0.153 e. The van der Waals surface area contributed by atoms with E-state index in [1.807, 2.05) is 36.4 Å². The number of hydrogen-bond acceptors (Lipinski definition) is 5. The van der Waals surface area contributed by atoms with Crippen LogP contribution in [0.25, 0.3) is 0 Å². The third kappa shape index (κ3) is 4.59. The minimum absolute atomic E-state index is 0.0509. The van der Waals surface area contributed by atoms with Crippen molar-refractivity contribution in [1.82, 2.24) is 0 Å². The summed E-state index contributed by atoms with van der Waals surface area (Å²) in [7, 11) is 3.40. The molecule has 0 aliphatic carbocycles. The number of nitrogens with zero attached hydrogens (tertiary/aromatic N) is 1. The Bertz CT molecular complexity index is 971. The van der Waals surface area contributed by atoms with Crippen LogP contribution in [0, 0.1) is 0 Å². The van der Waals surface area contributed by atoms with Crippen molar-refractivity contribution in [2.75, 3.05) is 25.7 Å². The lowest BCUT2D eigenvalue weighted by Gasteiger charge is -2.28. The predicted octanol–water partition coefficient (Wildman–Crippen LogP) is 4.55. The Morgan fingerprint density at radius 1 is 0.844 bits per heavy atom. The van der Waals surface area contributed by atoms with Crippen molar-refractivity contribution in [3.05, 3.63) is 89.5 Å². The van der Waals surface area contributed by atoms with Gasteiger partial charge < -0.3 is 24.6 Å². The molecular weight excluding hydrogens is 402 g/mol. The Morgan fingerprint density at radius 3 is 1.94 bits per heavy atom. The predicted molar refractivity (Wildman–Crippen MR) is 127 cm³/mol. The zero-order valence-electron chi connectivity index (χ0n) is 18.6. The summed E-state index contributed by atoms with van der Waals surface area (Å²) >= 11 is 0. The molecule has 0 saturated carbocycles. The van der Waals surface area contributed by atoms with E-state index in [1.165, 1.54) is 0 Å². The minimum Gasteiger partial charge on any atom is -0.496 e. The van der Waals surface area contributed by atoms with Crippen LogP contribution in [0.3, 0.4) is 0 Å². The Morgan fingerprint density at radius 2 is 1.41 bits per heavy atom. The maximum atomic E-state index is 9.45. The van der Waals surface area contributed by atoms with Gasteiger partial charge >= 0.3 is 0 Å². The lowest BCUT2D eigenvalue weighted by atomic mass is 9.84. The van der Waals surface area contributed by atoms with Crippen molar-refractivity contribution in [1.29, 1.82) is 0 Å². The van der Waals surface area contributed by atoms with E-state index in [1.54, 1.807) is 14.2 Å². The van der Waals surface area contributed by atoms with E-state index >= 15 is 0 Å². The minimum atomic E-state index is -1.28. The van der Waals surface area contributed by atoms with Gasteiger partial charge in [-0.2, -0.15) is 0 Å². The van der Waals surface area contributed by atoms with Gasteiger partial charge in [-0.25, -0.2) is 0 Å². The van der Waals surface area contributed by atoms with Crippen LogP contribution in [0.2, 0.25) is 0 Å². The van der Waals surface area contributed by atoms with Crippen molar-refractivity contribution in [2.24, 2.45) is 0 Å². The summed E-state index contributed by atoms with van der Waals surface area (Å²) in [5, 5.41) is 18.9. The smallest absolute Gasteiger partial charge is 0.153 e. The van der Waals surface area contributed by atoms with Gasteiger partial charge in [-0.05, 0) is 42.7 Å². The van der Waals surface area contributed by atoms with E-state index in [9.17, 15) is 10.2 Å². The molecule has 1 heterocycles. The van der Waals surface area contributed by atoms with Crippen LogP contribution in [0.1, 0.15) is 41.9 Å². The zero-order chi connectivity index (χ0) is 22.5. The third-order valence-corrected chi connectivity index (χ3v) is 6.32. The third-order valence-electron chi connectivity index (χ3n) is 6.32. The summed E-state index contributed by atoms with van der Waals surface area (Å²) in [4.78, 5) is 2.28. The monoisotopic (exact) mass is 433 g/mol. The lowest BCUT2D eigenvalue weighted by Crippen LogP contribution is -2.32. The second-order valence-corrected chi connectivity index (χ2v) is 8.21. The standard InChI is InChI=1S/C27H31NO4/c1-31-24-11-5-3-9-22(24)27(23-10-4-6-12-25(23)32-2)19-13-15-20(16-14-19)28-17-7-8-21(28)18-26(29)30/h3-6,9-16,21,26-27,29-30H,7-8,17-18H2,1-2H3. The molecule has 0 bridgehead atoms. The molecule has 0 amide bonds.